The highest BCUT2D eigenvalue weighted by Crippen LogP contribution is 2.27. The molecule has 22 heavy (non-hydrogen) atoms. The molecule has 1 aliphatic rings. The van der Waals surface area contributed by atoms with Gasteiger partial charge in [-0.15, -0.1) is 0 Å². The zero-order valence-corrected chi connectivity index (χ0v) is 15.1. The SMILES string of the molecule is CN=C(NCCN(C(=O)OC(C)(C)C)C1CC1)NC(C)(C)C. The summed E-state index contributed by atoms with van der Waals surface area (Å²) in [5.41, 5.74) is -0.509. The number of nitrogens with zero attached hydrogens (tertiary/aromatic N) is 2. The molecule has 1 rings (SSSR count). The maximum absolute atomic E-state index is 12.2. The van der Waals surface area contributed by atoms with Crippen LogP contribution < -0.4 is 10.6 Å². The predicted molar refractivity (Wildman–Crippen MR) is 90.2 cm³/mol. The molecule has 0 heterocycles. The molecular weight excluding hydrogens is 280 g/mol. The maximum atomic E-state index is 12.2. The number of carbonyl (C=O) groups excluding carboxylic acids is 1. The van der Waals surface area contributed by atoms with Crippen molar-refractivity contribution in [3.63, 3.8) is 0 Å². The van der Waals surface area contributed by atoms with Crippen molar-refractivity contribution >= 4 is 12.1 Å². The number of nitrogens with one attached hydrogen (secondary N) is 2. The topological polar surface area (TPSA) is 66.0 Å². The van der Waals surface area contributed by atoms with Gasteiger partial charge in [-0.25, -0.2) is 4.79 Å². The van der Waals surface area contributed by atoms with Crippen molar-refractivity contribution in [3.8, 4) is 0 Å². The molecule has 1 fully saturated rings. The zero-order valence-electron chi connectivity index (χ0n) is 15.1. The lowest BCUT2D eigenvalue weighted by molar-refractivity contribution is 0.0237. The quantitative estimate of drug-likeness (QED) is 0.618. The van der Waals surface area contributed by atoms with Gasteiger partial charge in [0.2, 0.25) is 0 Å². The van der Waals surface area contributed by atoms with Crippen LogP contribution in [-0.4, -0.2) is 54.3 Å². The molecule has 0 atom stereocenters. The lowest BCUT2D eigenvalue weighted by atomic mass is 10.1. The third-order valence-corrected chi connectivity index (χ3v) is 2.98. The Labute approximate surface area is 134 Å². The summed E-state index contributed by atoms with van der Waals surface area (Å²) < 4.78 is 5.48. The van der Waals surface area contributed by atoms with Crippen LogP contribution in [0.3, 0.4) is 0 Å². The fourth-order valence-electron chi connectivity index (χ4n) is 1.96. The Morgan fingerprint density at radius 2 is 1.82 bits per heavy atom. The van der Waals surface area contributed by atoms with Crippen LogP contribution in [0.15, 0.2) is 4.99 Å². The van der Waals surface area contributed by atoms with Crippen LogP contribution in [0, 0.1) is 0 Å². The second-order valence-corrected chi connectivity index (χ2v) is 7.78. The molecule has 6 heteroatoms. The Morgan fingerprint density at radius 3 is 2.23 bits per heavy atom. The number of amides is 1. The summed E-state index contributed by atoms with van der Waals surface area (Å²) in [4.78, 5) is 18.3. The Hall–Kier alpha value is -1.46. The highest BCUT2D eigenvalue weighted by Gasteiger charge is 2.34. The monoisotopic (exact) mass is 312 g/mol. The first kappa shape index (κ1) is 18.6. The number of carbonyl (C=O) groups is 1. The molecule has 0 saturated heterocycles. The van der Waals surface area contributed by atoms with Crippen molar-refractivity contribution in [1.82, 2.24) is 15.5 Å². The van der Waals surface area contributed by atoms with E-state index in [2.05, 4.69) is 36.4 Å². The molecule has 128 valence electrons. The van der Waals surface area contributed by atoms with Crippen LogP contribution in [0.25, 0.3) is 0 Å². The summed E-state index contributed by atoms with van der Waals surface area (Å²) in [7, 11) is 1.74. The van der Waals surface area contributed by atoms with Crippen LogP contribution in [0.2, 0.25) is 0 Å². The highest BCUT2D eigenvalue weighted by atomic mass is 16.6. The standard InChI is InChI=1S/C16H32N4O2/c1-15(2,3)19-13(17-7)18-10-11-20(12-8-9-12)14(21)22-16(4,5)6/h12H,8-11H2,1-7H3,(H2,17,18,19). The molecule has 2 N–H and O–H groups in total. The van der Waals surface area contributed by atoms with Crippen molar-refractivity contribution in [2.45, 2.75) is 71.6 Å². The maximum Gasteiger partial charge on any atom is 0.410 e. The molecule has 0 unspecified atom stereocenters. The smallest absolute Gasteiger partial charge is 0.410 e. The van der Waals surface area contributed by atoms with Crippen LogP contribution in [-0.2, 0) is 4.74 Å². The van der Waals surface area contributed by atoms with Gasteiger partial charge in [0.1, 0.15) is 5.60 Å². The summed E-state index contributed by atoms with van der Waals surface area (Å²) in [6.07, 6.45) is 1.90. The van der Waals surface area contributed by atoms with Crippen molar-refractivity contribution in [2.24, 2.45) is 4.99 Å². The van der Waals surface area contributed by atoms with Crippen LogP contribution >= 0.6 is 0 Å². The van der Waals surface area contributed by atoms with E-state index in [4.69, 9.17) is 4.74 Å². The summed E-state index contributed by atoms with van der Waals surface area (Å²) in [6.45, 7) is 13.2. The van der Waals surface area contributed by atoms with Crippen LogP contribution in [0.1, 0.15) is 54.4 Å². The normalized spacial score (nSPS) is 16.2. The molecule has 0 aromatic carbocycles. The van der Waals surface area contributed by atoms with Crippen molar-refractivity contribution in [2.75, 3.05) is 20.1 Å². The molecule has 1 amide bonds. The number of guanidine groups is 1. The third-order valence-electron chi connectivity index (χ3n) is 2.98. The molecule has 0 spiro atoms. The second-order valence-electron chi connectivity index (χ2n) is 7.78. The summed E-state index contributed by atoms with van der Waals surface area (Å²) >= 11 is 0. The highest BCUT2D eigenvalue weighted by molar-refractivity contribution is 5.80. The van der Waals surface area contributed by atoms with E-state index >= 15 is 0 Å². The molecule has 1 aliphatic carbocycles. The minimum atomic E-state index is -0.457. The number of hydrogen-bond donors (Lipinski definition) is 2. The van der Waals surface area contributed by atoms with E-state index in [-0.39, 0.29) is 11.6 Å². The second kappa shape index (κ2) is 7.20. The first-order valence-electron chi connectivity index (χ1n) is 8.00. The van der Waals surface area contributed by atoms with Gasteiger partial charge in [0, 0.05) is 31.7 Å². The van der Waals surface area contributed by atoms with E-state index in [1.807, 2.05) is 25.7 Å². The first-order chi connectivity index (χ1) is 10.0. The summed E-state index contributed by atoms with van der Waals surface area (Å²) in [5.74, 6) is 0.743. The van der Waals surface area contributed by atoms with Crippen LogP contribution in [0.5, 0.6) is 0 Å². The Balaban J connectivity index is 2.47. The molecule has 0 aliphatic heterocycles. The van der Waals surface area contributed by atoms with Crippen LogP contribution in [0.4, 0.5) is 4.79 Å². The van der Waals surface area contributed by atoms with Crippen molar-refractivity contribution in [3.05, 3.63) is 0 Å². The van der Waals surface area contributed by atoms with Gasteiger partial charge in [-0.1, -0.05) is 0 Å². The number of rotatable bonds is 4. The van der Waals surface area contributed by atoms with E-state index in [0.29, 0.717) is 19.1 Å². The van der Waals surface area contributed by atoms with E-state index in [9.17, 15) is 4.79 Å². The van der Waals surface area contributed by atoms with Gasteiger partial charge in [-0.05, 0) is 54.4 Å². The van der Waals surface area contributed by atoms with Gasteiger partial charge in [-0.3, -0.25) is 4.99 Å². The molecular formula is C16H32N4O2. The molecule has 0 radical (unpaired) electrons. The first-order valence-corrected chi connectivity index (χ1v) is 8.00. The largest absolute Gasteiger partial charge is 0.444 e. The Bertz CT molecular complexity index is 403. The molecule has 1 saturated carbocycles. The van der Waals surface area contributed by atoms with E-state index in [1.165, 1.54) is 0 Å². The zero-order chi connectivity index (χ0) is 17.0. The molecule has 6 nitrogen and oxygen atoms in total. The third kappa shape index (κ3) is 7.52. The van der Waals surface area contributed by atoms with Gasteiger partial charge in [0.05, 0.1) is 0 Å². The molecule has 0 bridgehead atoms. The van der Waals surface area contributed by atoms with Gasteiger partial charge in [0.15, 0.2) is 5.96 Å². The fraction of sp³-hybridized carbons (Fsp3) is 0.875. The van der Waals surface area contributed by atoms with Crippen molar-refractivity contribution < 1.29 is 9.53 Å². The van der Waals surface area contributed by atoms with Gasteiger partial charge in [-0.2, -0.15) is 0 Å². The lowest BCUT2D eigenvalue weighted by Gasteiger charge is -2.28. The number of hydrogen-bond acceptors (Lipinski definition) is 3. The average Bonchev–Trinajstić information content (AvgIpc) is 3.13. The number of aliphatic imine (C=N–C) groups is 1. The van der Waals surface area contributed by atoms with E-state index in [0.717, 1.165) is 18.8 Å². The fourth-order valence-corrected chi connectivity index (χ4v) is 1.96. The molecule has 0 aromatic rings. The van der Waals surface area contributed by atoms with Crippen molar-refractivity contribution in [1.29, 1.82) is 0 Å². The minimum Gasteiger partial charge on any atom is -0.444 e. The van der Waals surface area contributed by atoms with E-state index < -0.39 is 5.60 Å². The molecule has 0 aromatic heterocycles. The lowest BCUT2D eigenvalue weighted by Crippen LogP contribution is -2.50. The summed E-state index contributed by atoms with van der Waals surface area (Å²) in [5, 5.41) is 6.54. The minimum absolute atomic E-state index is 0.0524. The Kier molecular flexibility index (Phi) is 6.08. The van der Waals surface area contributed by atoms with E-state index in [1.54, 1.807) is 7.05 Å². The predicted octanol–water partition coefficient (Wildman–Crippen LogP) is 2.35. The van der Waals surface area contributed by atoms with Gasteiger partial charge < -0.3 is 20.3 Å². The average molecular weight is 312 g/mol. The van der Waals surface area contributed by atoms with Gasteiger partial charge in [0.25, 0.3) is 0 Å². The summed E-state index contributed by atoms with van der Waals surface area (Å²) in [6, 6.07) is 0.328. The Morgan fingerprint density at radius 1 is 1.23 bits per heavy atom. The number of ether oxygens (including phenoxy) is 1. The van der Waals surface area contributed by atoms with Gasteiger partial charge >= 0.3 is 6.09 Å².